The lowest BCUT2D eigenvalue weighted by atomic mass is 9.85. The van der Waals surface area contributed by atoms with Crippen molar-refractivity contribution in [3.8, 4) is 11.5 Å². The Hall–Kier alpha value is -4.77. The second kappa shape index (κ2) is 15.2. The fourth-order valence-electron chi connectivity index (χ4n) is 4.78. The molecule has 0 radical (unpaired) electrons. The number of alkyl carbamates (subject to hydrolysis) is 2. The molecule has 0 fully saturated rings. The number of ether oxygens (including phenoxy) is 5. The van der Waals surface area contributed by atoms with Crippen molar-refractivity contribution in [3.05, 3.63) is 88.7 Å². The van der Waals surface area contributed by atoms with Gasteiger partial charge in [-0.15, -0.1) is 0 Å². The predicted octanol–water partition coefficient (Wildman–Crippen LogP) is 6.06. The van der Waals surface area contributed by atoms with Gasteiger partial charge in [-0.1, -0.05) is 30.4 Å². The van der Waals surface area contributed by atoms with Crippen LogP contribution in [0.3, 0.4) is 0 Å². The predicted molar refractivity (Wildman–Crippen MR) is 176 cm³/mol. The van der Waals surface area contributed by atoms with Crippen molar-refractivity contribution in [1.29, 1.82) is 0 Å². The summed E-state index contributed by atoms with van der Waals surface area (Å²) in [6.07, 6.45) is 4.16. The van der Waals surface area contributed by atoms with Crippen LogP contribution in [0.5, 0.6) is 11.5 Å². The molecule has 2 aromatic carbocycles. The molecule has 3 N–H and O–H groups in total. The highest BCUT2D eigenvalue weighted by Crippen LogP contribution is 2.45. The molecule has 1 atom stereocenters. The topological polar surface area (TPSA) is 142 Å². The zero-order valence-corrected chi connectivity index (χ0v) is 27.8. The third-order valence-corrected chi connectivity index (χ3v) is 6.66. The minimum absolute atomic E-state index is 0.0970. The molecule has 4 rings (SSSR count). The minimum Gasteiger partial charge on any atom is -0.493 e. The van der Waals surface area contributed by atoms with Crippen LogP contribution in [0, 0.1) is 0 Å². The third kappa shape index (κ3) is 10.4. The molecule has 0 saturated carbocycles. The molecular weight excluding hydrogens is 604 g/mol. The van der Waals surface area contributed by atoms with Crippen molar-refractivity contribution >= 4 is 23.7 Å². The Morgan fingerprint density at radius 2 is 1.49 bits per heavy atom. The molecule has 0 spiro atoms. The number of carbonyl (C=O) groups excluding carboxylic acids is 3. The van der Waals surface area contributed by atoms with Crippen molar-refractivity contribution in [1.82, 2.24) is 10.6 Å². The van der Waals surface area contributed by atoms with Gasteiger partial charge in [-0.3, -0.25) is 0 Å². The van der Waals surface area contributed by atoms with Gasteiger partial charge in [-0.05, 0) is 84.2 Å². The van der Waals surface area contributed by atoms with Crippen LogP contribution in [-0.4, -0.2) is 66.9 Å². The fraction of sp³-hybridized carbons (Fsp3) is 0.417. The van der Waals surface area contributed by atoms with Gasteiger partial charge >= 0.3 is 18.2 Å². The van der Waals surface area contributed by atoms with Gasteiger partial charge in [0.2, 0.25) is 0 Å². The lowest BCUT2D eigenvalue weighted by molar-refractivity contribution is 0.0478. The van der Waals surface area contributed by atoms with Crippen molar-refractivity contribution in [2.24, 2.45) is 0 Å². The molecule has 47 heavy (non-hydrogen) atoms. The van der Waals surface area contributed by atoms with Crippen LogP contribution in [-0.2, 0) is 14.2 Å². The molecule has 2 amide bonds. The lowest BCUT2D eigenvalue weighted by Gasteiger charge is -2.28. The summed E-state index contributed by atoms with van der Waals surface area (Å²) < 4.78 is 28.2. The molecule has 1 heterocycles. The first-order valence-electron chi connectivity index (χ1n) is 15.7. The van der Waals surface area contributed by atoms with Crippen LogP contribution in [0.15, 0.2) is 72.0 Å². The first-order valence-corrected chi connectivity index (χ1v) is 15.7. The van der Waals surface area contributed by atoms with Crippen LogP contribution < -0.4 is 20.1 Å². The number of hydrogen-bond acceptors (Lipinski definition) is 9. The van der Waals surface area contributed by atoms with E-state index in [1.807, 2.05) is 24.3 Å². The van der Waals surface area contributed by atoms with Crippen molar-refractivity contribution < 1.29 is 43.2 Å². The van der Waals surface area contributed by atoms with E-state index in [9.17, 15) is 19.5 Å². The van der Waals surface area contributed by atoms with E-state index in [2.05, 4.69) is 10.6 Å². The molecule has 0 bridgehead atoms. The smallest absolute Gasteiger partial charge is 0.407 e. The Bertz CT molecular complexity index is 1560. The number of esters is 1. The average molecular weight is 649 g/mol. The van der Waals surface area contributed by atoms with Crippen LogP contribution >= 0.6 is 0 Å². The highest BCUT2D eigenvalue weighted by Gasteiger charge is 2.30. The average Bonchev–Trinajstić information content (AvgIpc) is 2.97. The first kappa shape index (κ1) is 35.1. The van der Waals surface area contributed by atoms with Crippen molar-refractivity contribution in [2.45, 2.75) is 71.7 Å². The molecule has 11 heteroatoms. The zero-order valence-electron chi connectivity index (χ0n) is 27.8. The van der Waals surface area contributed by atoms with Gasteiger partial charge in [0.25, 0.3) is 0 Å². The summed E-state index contributed by atoms with van der Waals surface area (Å²) in [6.45, 7) is 11.9. The van der Waals surface area contributed by atoms with Crippen molar-refractivity contribution in [3.63, 3.8) is 0 Å². The van der Waals surface area contributed by atoms with E-state index in [1.165, 1.54) is 0 Å². The van der Waals surface area contributed by atoms with Crippen LogP contribution in [0.2, 0.25) is 0 Å². The molecule has 1 unspecified atom stereocenters. The summed E-state index contributed by atoms with van der Waals surface area (Å²) in [6, 6.07) is 12.6. The summed E-state index contributed by atoms with van der Waals surface area (Å²) in [5.74, 6) is 1.00. The number of aliphatic hydroxyl groups is 1. The van der Waals surface area contributed by atoms with E-state index in [0.29, 0.717) is 60.0 Å². The number of allylic oxidation sites excluding steroid dienone is 1. The Kier molecular flexibility index (Phi) is 11.4. The standard InChI is InChI=1S/C36H44N2O9/c1-35(2,3)46-33(41)37-17-9-19-43-24-14-16-28-30(22-24)45-29-21-23(39)13-15-27(29)31(28)25-11-7-8-12-26(25)32(40)44-20-10-18-38-34(42)47-36(4,5)6/h7-8,11-16,21-23,39H,9-10,17-20H2,1-6H3,(H,37,41)(H,38,42). The number of carbonyl (C=O) groups is 3. The molecule has 0 saturated heterocycles. The quantitative estimate of drug-likeness (QED) is 0.151. The number of rotatable bonds is 11. The highest BCUT2D eigenvalue weighted by molar-refractivity contribution is 6.01. The normalized spacial score (nSPS) is 15.4. The largest absolute Gasteiger partial charge is 0.493 e. The third-order valence-electron chi connectivity index (χ3n) is 6.66. The number of hydrogen-bond donors (Lipinski definition) is 3. The zero-order chi connectivity index (χ0) is 34.2. The molecule has 1 aliphatic carbocycles. The lowest BCUT2D eigenvalue weighted by Crippen LogP contribution is -2.33. The van der Waals surface area contributed by atoms with Gasteiger partial charge in [0.15, 0.2) is 0 Å². The maximum absolute atomic E-state index is 13.3. The molecule has 1 aliphatic heterocycles. The van der Waals surface area contributed by atoms with Crippen LogP contribution in [0.1, 0.15) is 75.9 Å². The molecular formula is C36H44N2O9. The summed E-state index contributed by atoms with van der Waals surface area (Å²) in [5.41, 5.74) is 2.02. The Morgan fingerprint density at radius 3 is 2.15 bits per heavy atom. The molecule has 252 valence electrons. The fourth-order valence-corrected chi connectivity index (χ4v) is 4.78. The van der Waals surface area contributed by atoms with Crippen LogP contribution in [0.25, 0.3) is 5.57 Å². The van der Waals surface area contributed by atoms with Gasteiger partial charge in [0.05, 0.1) is 24.9 Å². The van der Waals surface area contributed by atoms with Gasteiger partial charge in [-0.25, -0.2) is 14.4 Å². The van der Waals surface area contributed by atoms with Crippen molar-refractivity contribution in [2.75, 3.05) is 26.3 Å². The second-order valence-corrected chi connectivity index (χ2v) is 13.0. The number of aliphatic hydroxyl groups excluding tert-OH is 1. The van der Waals surface area contributed by atoms with Gasteiger partial charge in [0.1, 0.15) is 28.5 Å². The Balaban J connectivity index is 1.46. The summed E-state index contributed by atoms with van der Waals surface area (Å²) in [5, 5.41) is 15.7. The minimum atomic E-state index is -0.831. The SMILES string of the molecule is CC(C)(C)OC(=O)NCCCOC(=O)c1ccccc1C1=C2C=CC(O)C=C2Oc2cc(OCCCNC(=O)OC(C)(C)C)ccc21. The first-order chi connectivity index (χ1) is 22.2. The highest BCUT2D eigenvalue weighted by atomic mass is 16.6. The van der Waals surface area contributed by atoms with E-state index in [0.717, 1.165) is 11.1 Å². The van der Waals surface area contributed by atoms with Gasteiger partial charge in [-0.2, -0.15) is 0 Å². The van der Waals surface area contributed by atoms with E-state index in [1.54, 1.807) is 78.0 Å². The second-order valence-electron chi connectivity index (χ2n) is 13.0. The summed E-state index contributed by atoms with van der Waals surface area (Å²) >= 11 is 0. The number of fused-ring (bicyclic) bond motifs is 2. The van der Waals surface area contributed by atoms with Crippen LogP contribution in [0.4, 0.5) is 9.59 Å². The molecule has 2 aromatic rings. The van der Waals surface area contributed by atoms with E-state index < -0.39 is 35.5 Å². The number of amides is 2. The Labute approximate surface area is 275 Å². The Morgan fingerprint density at radius 1 is 0.851 bits per heavy atom. The maximum Gasteiger partial charge on any atom is 0.407 e. The van der Waals surface area contributed by atoms with Gasteiger partial charge < -0.3 is 39.4 Å². The molecule has 11 nitrogen and oxygen atoms in total. The van der Waals surface area contributed by atoms with Gasteiger partial charge in [0, 0.05) is 35.9 Å². The number of benzene rings is 2. The summed E-state index contributed by atoms with van der Waals surface area (Å²) in [7, 11) is 0. The molecule has 0 aromatic heterocycles. The molecule has 2 aliphatic rings. The number of nitrogens with one attached hydrogen (secondary N) is 2. The summed E-state index contributed by atoms with van der Waals surface area (Å²) in [4.78, 5) is 37.1. The van der Waals surface area contributed by atoms with E-state index in [4.69, 9.17) is 23.7 Å². The maximum atomic E-state index is 13.3. The van der Waals surface area contributed by atoms with E-state index in [-0.39, 0.29) is 13.2 Å². The van der Waals surface area contributed by atoms with E-state index >= 15 is 0 Å². The monoisotopic (exact) mass is 648 g/mol.